The summed E-state index contributed by atoms with van der Waals surface area (Å²) in [5.74, 6) is 0.636. The summed E-state index contributed by atoms with van der Waals surface area (Å²) in [6.07, 6.45) is 3.31. The van der Waals surface area contributed by atoms with Gasteiger partial charge in [0.15, 0.2) is 5.78 Å². The van der Waals surface area contributed by atoms with Gasteiger partial charge in [0.25, 0.3) is 0 Å². The maximum Gasteiger partial charge on any atom is 0.189 e. The summed E-state index contributed by atoms with van der Waals surface area (Å²) in [7, 11) is 3.47. The summed E-state index contributed by atoms with van der Waals surface area (Å²) >= 11 is 6.35. The Morgan fingerprint density at radius 2 is 1.96 bits per heavy atom. The highest BCUT2D eigenvalue weighted by atomic mass is 35.5. The maximum atomic E-state index is 12.6. The molecule has 0 aliphatic carbocycles. The number of nitrogens with zero attached hydrogens (tertiary/aromatic N) is 1. The molecule has 3 aromatic rings. The molecule has 0 bridgehead atoms. The number of aryl methyl sites for hydroxylation is 1. The van der Waals surface area contributed by atoms with Crippen LogP contribution in [0.2, 0.25) is 5.15 Å². The molecule has 0 radical (unpaired) electrons. The zero-order chi connectivity index (χ0) is 16.4. The van der Waals surface area contributed by atoms with E-state index in [2.05, 4.69) is 0 Å². The first-order chi connectivity index (χ1) is 11.1. The number of rotatable bonds is 4. The van der Waals surface area contributed by atoms with Crippen molar-refractivity contribution in [3.63, 3.8) is 0 Å². The summed E-state index contributed by atoms with van der Waals surface area (Å²) in [4.78, 5) is 12.6. The molecule has 4 heteroatoms. The van der Waals surface area contributed by atoms with Gasteiger partial charge >= 0.3 is 0 Å². The average Bonchev–Trinajstić information content (AvgIpc) is 2.84. The fourth-order valence-corrected chi connectivity index (χ4v) is 2.88. The van der Waals surface area contributed by atoms with Crippen molar-refractivity contribution in [3.8, 4) is 5.75 Å². The lowest BCUT2D eigenvalue weighted by Crippen LogP contribution is -1.95. The van der Waals surface area contributed by atoms with Crippen LogP contribution in [0, 0.1) is 0 Å². The standard InChI is InChI=1S/C19H16ClNO2/c1-21-16-9-4-3-8-15(16)18(19(21)20)17(22)11-10-13-6-5-7-14(12-13)23-2/h3-12H,1-2H3. The quantitative estimate of drug-likeness (QED) is 0.512. The normalized spacial score (nSPS) is 11.3. The van der Waals surface area contributed by atoms with Gasteiger partial charge in [-0.2, -0.15) is 0 Å². The second kappa shape index (κ2) is 6.31. The predicted octanol–water partition coefficient (Wildman–Crippen LogP) is 4.74. The van der Waals surface area contributed by atoms with E-state index in [9.17, 15) is 4.79 Å². The Morgan fingerprint density at radius 3 is 2.74 bits per heavy atom. The van der Waals surface area contributed by atoms with Crippen molar-refractivity contribution in [2.75, 3.05) is 7.11 Å². The third kappa shape index (κ3) is 2.88. The number of carbonyl (C=O) groups excluding carboxylic acids is 1. The molecule has 0 N–H and O–H groups in total. The van der Waals surface area contributed by atoms with Crippen LogP contribution in [0.15, 0.2) is 54.6 Å². The molecule has 0 amide bonds. The molecule has 2 aromatic carbocycles. The molecule has 0 spiro atoms. The number of benzene rings is 2. The number of halogens is 1. The van der Waals surface area contributed by atoms with Gasteiger partial charge in [-0.3, -0.25) is 4.79 Å². The Balaban J connectivity index is 1.98. The van der Waals surface area contributed by atoms with Crippen molar-refractivity contribution >= 4 is 34.4 Å². The van der Waals surface area contributed by atoms with Crippen LogP contribution in [0.3, 0.4) is 0 Å². The van der Waals surface area contributed by atoms with Gasteiger partial charge in [-0.25, -0.2) is 0 Å². The highest BCUT2D eigenvalue weighted by Gasteiger charge is 2.17. The zero-order valence-electron chi connectivity index (χ0n) is 12.9. The highest BCUT2D eigenvalue weighted by molar-refractivity contribution is 6.36. The third-order valence-corrected chi connectivity index (χ3v) is 4.25. The molecule has 0 fully saturated rings. The molecule has 3 rings (SSSR count). The Hall–Kier alpha value is -2.52. The van der Waals surface area contributed by atoms with Gasteiger partial charge in [0.2, 0.25) is 0 Å². The number of aromatic nitrogens is 1. The molecule has 0 atom stereocenters. The van der Waals surface area contributed by atoms with E-state index < -0.39 is 0 Å². The number of fused-ring (bicyclic) bond motifs is 1. The monoisotopic (exact) mass is 325 g/mol. The molecule has 0 saturated carbocycles. The number of para-hydroxylation sites is 1. The first-order valence-electron chi connectivity index (χ1n) is 7.21. The minimum Gasteiger partial charge on any atom is -0.497 e. The van der Waals surface area contributed by atoms with E-state index in [0.29, 0.717) is 10.7 Å². The number of carbonyl (C=O) groups is 1. The van der Waals surface area contributed by atoms with E-state index in [1.54, 1.807) is 19.3 Å². The van der Waals surface area contributed by atoms with Crippen LogP contribution in [0.25, 0.3) is 17.0 Å². The van der Waals surface area contributed by atoms with Gasteiger partial charge in [0.1, 0.15) is 10.9 Å². The van der Waals surface area contributed by atoms with Crippen molar-refractivity contribution in [1.82, 2.24) is 4.57 Å². The minimum absolute atomic E-state index is 0.116. The van der Waals surface area contributed by atoms with Crippen LogP contribution in [-0.4, -0.2) is 17.5 Å². The predicted molar refractivity (Wildman–Crippen MR) is 94.3 cm³/mol. The van der Waals surface area contributed by atoms with Gasteiger partial charge in [-0.1, -0.05) is 48.0 Å². The molecule has 3 nitrogen and oxygen atoms in total. The molecule has 0 aliphatic rings. The van der Waals surface area contributed by atoms with E-state index in [1.165, 1.54) is 0 Å². The first kappa shape index (κ1) is 15.4. The van der Waals surface area contributed by atoms with Gasteiger partial charge in [-0.05, 0) is 29.8 Å². The van der Waals surface area contributed by atoms with Crippen LogP contribution in [0.4, 0.5) is 0 Å². The van der Waals surface area contributed by atoms with Crippen molar-refractivity contribution in [2.45, 2.75) is 0 Å². The van der Waals surface area contributed by atoms with Gasteiger partial charge in [-0.15, -0.1) is 0 Å². The molecule has 116 valence electrons. The molecule has 0 saturated heterocycles. The van der Waals surface area contributed by atoms with Crippen LogP contribution >= 0.6 is 11.6 Å². The van der Waals surface area contributed by atoms with Crippen LogP contribution in [0.1, 0.15) is 15.9 Å². The fourth-order valence-electron chi connectivity index (χ4n) is 2.60. The average molecular weight is 326 g/mol. The smallest absolute Gasteiger partial charge is 0.189 e. The number of allylic oxidation sites excluding steroid dienone is 1. The van der Waals surface area contributed by atoms with Crippen molar-refractivity contribution in [1.29, 1.82) is 0 Å². The Labute approximate surface area is 139 Å². The lowest BCUT2D eigenvalue weighted by atomic mass is 10.1. The molecular weight excluding hydrogens is 310 g/mol. The molecule has 1 aromatic heterocycles. The lowest BCUT2D eigenvalue weighted by molar-refractivity contribution is 0.104. The largest absolute Gasteiger partial charge is 0.497 e. The van der Waals surface area contributed by atoms with Gasteiger partial charge in [0.05, 0.1) is 12.7 Å². The van der Waals surface area contributed by atoms with E-state index in [1.807, 2.05) is 60.1 Å². The third-order valence-electron chi connectivity index (χ3n) is 3.80. The number of methoxy groups -OCH3 is 1. The fraction of sp³-hybridized carbons (Fsp3) is 0.105. The summed E-state index contributed by atoms with van der Waals surface area (Å²) in [5, 5.41) is 1.31. The topological polar surface area (TPSA) is 31.2 Å². The first-order valence-corrected chi connectivity index (χ1v) is 7.59. The SMILES string of the molecule is COc1cccc(C=CC(=O)c2c(Cl)n(C)c3ccccc23)c1. The molecule has 23 heavy (non-hydrogen) atoms. The zero-order valence-corrected chi connectivity index (χ0v) is 13.7. The van der Waals surface area contributed by atoms with E-state index in [-0.39, 0.29) is 5.78 Å². The number of hydrogen-bond acceptors (Lipinski definition) is 2. The summed E-state index contributed by atoms with van der Waals surface area (Å²) in [5.41, 5.74) is 2.37. The van der Waals surface area contributed by atoms with E-state index in [0.717, 1.165) is 22.2 Å². The highest BCUT2D eigenvalue weighted by Crippen LogP contribution is 2.29. The number of ether oxygens (including phenoxy) is 1. The van der Waals surface area contributed by atoms with Crippen molar-refractivity contribution < 1.29 is 9.53 Å². The number of hydrogen-bond donors (Lipinski definition) is 0. The molecule has 1 heterocycles. The van der Waals surface area contributed by atoms with Gasteiger partial charge < -0.3 is 9.30 Å². The van der Waals surface area contributed by atoms with Crippen molar-refractivity contribution in [3.05, 3.63) is 70.9 Å². The summed E-state index contributed by atoms with van der Waals surface area (Å²) < 4.78 is 7.01. The van der Waals surface area contributed by atoms with Gasteiger partial charge in [0, 0.05) is 18.0 Å². The summed E-state index contributed by atoms with van der Waals surface area (Å²) in [6.45, 7) is 0. The summed E-state index contributed by atoms with van der Waals surface area (Å²) in [6, 6.07) is 15.2. The lowest BCUT2D eigenvalue weighted by Gasteiger charge is -2.00. The van der Waals surface area contributed by atoms with Crippen molar-refractivity contribution in [2.24, 2.45) is 7.05 Å². The maximum absolute atomic E-state index is 12.6. The molecule has 0 aliphatic heterocycles. The van der Waals surface area contributed by atoms with Crippen LogP contribution in [-0.2, 0) is 7.05 Å². The minimum atomic E-state index is -0.116. The van der Waals surface area contributed by atoms with E-state index in [4.69, 9.17) is 16.3 Å². The molecular formula is C19H16ClNO2. The number of ketones is 1. The Bertz CT molecular complexity index is 909. The van der Waals surface area contributed by atoms with Crippen LogP contribution < -0.4 is 4.74 Å². The van der Waals surface area contributed by atoms with E-state index >= 15 is 0 Å². The Morgan fingerprint density at radius 1 is 1.17 bits per heavy atom. The van der Waals surface area contributed by atoms with Crippen LogP contribution in [0.5, 0.6) is 5.75 Å². The Kier molecular flexibility index (Phi) is 4.22. The second-order valence-electron chi connectivity index (χ2n) is 5.22. The molecule has 0 unspecified atom stereocenters. The second-order valence-corrected chi connectivity index (χ2v) is 5.57.